The van der Waals surface area contributed by atoms with Crippen LogP contribution in [0.1, 0.15) is 13.8 Å². The Labute approximate surface area is 359 Å². The van der Waals surface area contributed by atoms with E-state index in [4.69, 9.17) is 42.6 Å². The molecule has 368 valence electrons. The quantitative estimate of drug-likeness (QED) is 0.0719. The van der Waals surface area contributed by atoms with Gasteiger partial charge in [0.2, 0.25) is 18.1 Å². The van der Waals surface area contributed by atoms with Gasteiger partial charge in [-0.3, -0.25) is 9.59 Å². The van der Waals surface area contributed by atoms with Crippen molar-refractivity contribution >= 4 is 23.8 Å². The van der Waals surface area contributed by atoms with Crippen molar-refractivity contribution < 1.29 is 138 Å². The zero-order valence-electron chi connectivity index (χ0n) is 33.6. The third-order valence-electron chi connectivity index (χ3n) is 11.0. The van der Waals surface area contributed by atoms with Gasteiger partial charge in [-0.25, -0.2) is 9.59 Å². The van der Waals surface area contributed by atoms with Gasteiger partial charge in [0.1, 0.15) is 110 Å². The van der Waals surface area contributed by atoms with Crippen LogP contribution in [0.5, 0.6) is 0 Å². The maximum atomic E-state index is 13.7. The molecule has 30 nitrogen and oxygen atoms in total. The van der Waals surface area contributed by atoms with Gasteiger partial charge in [0.15, 0.2) is 37.4 Å². The molecule has 25 atom stereocenters. The molecule has 0 aliphatic carbocycles. The Morgan fingerprint density at radius 2 is 0.906 bits per heavy atom. The van der Waals surface area contributed by atoms with E-state index in [2.05, 4.69) is 10.6 Å². The Morgan fingerprint density at radius 3 is 1.47 bits per heavy atom. The van der Waals surface area contributed by atoms with Crippen molar-refractivity contribution in [2.24, 2.45) is 0 Å². The molecule has 0 aromatic heterocycles. The molecule has 0 unspecified atom stereocenters. The summed E-state index contributed by atoms with van der Waals surface area (Å²) in [6, 6.07) is -3.34. The van der Waals surface area contributed by atoms with Crippen LogP contribution in [-0.4, -0.2) is 274 Å². The fourth-order valence-corrected chi connectivity index (χ4v) is 7.66. The first kappa shape index (κ1) is 52.0. The minimum Gasteiger partial charge on any atom is -0.479 e. The molecule has 0 aromatic carbocycles. The number of amides is 2. The Hall–Kier alpha value is -3.00. The van der Waals surface area contributed by atoms with E-state index in [-0.39, 0.29) is 0 Å². The number of aliphatic hydroxyl groups is 14. The van der Waals surface area contributed by atoms with Crippen molar-refractivity contribution in [1.82, 2.24) is 10.6 Å². The van der Waals surface area contributed by atoms with Crippen LogP contribution in [0.25, 0.3) is 0 Å². The van der Waals surface area contributed by atoms with Gasteiger partial charge in [-0.2, -0.15) is 0 Å². The number of carboxylic acid groups (broad SMARTS) is 1. The molecule has 5 aliphatic rings. The topological polar surface area (TPSA) is 479 Å². The minimum atomic E-state index is -2.50. The largest absolute Gasteiger partial charge is 0.479 e. The lowest BCUT2D eigenvalue weighted by Gasteiger charge is -2.50. The van der Waals surface area contributed by atoms with Crippen LogP contribution in [0.2, 0.25) is 0 Å². The lowest BCUT2D eigenvalue weighted by molar-refractivity contribution is -0.377. The average Bonchev–Trinajstić information content (AvgIpc) is 3.24. The minimum absolute atomic E-state index is 0.727. The standard InChI is InChI=1S/C34H54N2O28/c1-6(40)35-11-14(43)23(9(4-38)56-29(11)54)59-31-12(36-7(2)41)15(44)24(10(5-39)58-31)60-34-22(51)25(61-32-19(48)16(45)13(42)8(3-37)57-32)21(50)27(63-34)30(55)64-33-20(49)17(46)18(47)26(62-33)28(52)53/h8-27,29,31-34,37-39,42-51,54H,3-5H2,1-2H3,(H,35,40)(H,36,41)(H,52,53)/t8-,9-,10-,11-,12-,13-,14-,15-,16+,17+,18+,19+,20+,21+,22+,23-,24-,25+,26-,27-,29-,31+,32-,33+,34-/m1/s1. The average molecular weight is 939 g/mol. The third-order valence-corrected chi connectivity index (χ3v) is 11.0. The molecule has 0 spiro atoms. The highest BCUT2D eigenvalue weighted by molar-refractivity contribution is 5.76. The van der Waals surface area contributed by atoms with Crippen molar-refractivity contribution in [2.45, 2.75) is 167 Å². The first-order valence-electron chi connectivity index (χ1n) is 19.6. The number of aliphatic hydroxyl groups excluding tert-OH is 14. The summed E-state index contributed by atoms with van der Waals surface area (Å²) in [5.74, 6) is -5.25. The molecular formula is C34H54N2O28. The molecule has 5 heterocycles. The van der Waals surface area contributed by atoms with Gasteiger partial charge < -0.3 is 130 Å². The molecule has 0 bridgehead atoms. The second-order valence-electron chi connectivity index (χ2n) is 15.5. The zero-order valence-corrected chi connectivity index (χ0v) is 33.6. The first-order chi connectivity index (χ1) is 30.1. The van der Waals surface area contributed by atoms with E-state index in [1.807, 2.05) is 0 Å². The highest BCUT2D eigenvalue weighted by Crippen LogP contribution is 2.35. The van der Waals surface area contributed by atoms with Crippen molar-refractivity contribution in [2.75, 3.05) is 19.8 Å². The molecular weight excluding hydrogens is 884 g/mol. The van der Waals surface area contributed by atoms with Gasteiger partial charge in [0.05, 0.1) is 19.8 Å². The zero-order chi connectivity index (χ0) is 47.6. The van der Waals surface area contributed by atoms with E-state index < -0.39 is 197 Å². The highest BCUT2D eigenvalue weighted by atomic mass is 16.8. The summed E-state index contributed by atoms with van der Waals surface area (Å²) in [6.07, 6.45) is -48.3. The molecule has 5 aliphatic heterocycles. The number of aliphatic carboxylic acids is 1. The monoisotopic (exact) mass is 938 g/mol. The molecule has 0 saturated carbocycles. The summed E-state index contributed by atoms with van der Waals surface area (Å²) < 4.78 is 49.1. The molecule has 5 rings (SSSR count). The van der Waals surface area contributed by atoms with E-state index in [1.54, 1.807) is 0 Å². The number of carboxylic acids is 1. The smallest absolute Gasteiger partial charge is 0.340 e. The SMILES string of the molecule is CC(=O)N[C@@H]1[C@@H](O)[C@H](O[C@@H]2O[C@H](CO)[C@@H](O[C@@H]3O[C@@H](C(=O)O[C@@H]4O[C@@H](C(=O)O)[C@@H](O)[C@H](O)[C@@H]4O)[C@@H](O)[C@H](O[C@H]4O[C@H](CO)[C@@H](O)[C@H](O)[C@@H]4O)[C@@H]3O)[C@H](O)[C@H]2NC(C)=O)[C@@H](CO)O[C@H]1O. The van der Waals surface area contributed by atoms with Gasteiger partial charge >= 0.3 is 11.9 Å². The fourth-order valence-electron chi connectivity index (χ4n) is 7.66. The van der Waals surface area contributed by atoms with Crippen LogP contribution in [-0.2, 0) is 61.8 Å². The fraction of sp³-hybridized carbons (Fsp3) is 0.882. The summed E-state index contributed by atoms with van der Waals surface area (Å²) in [7, 11) is 0. The van der Waals surface area contributed by atoms with E-state index in [0.29, 0.717) is 0 Å². The second kappa shape index (κ2) is 21.7. The van der Waals surface area contributed by atoms with Crippen LogP contribution >= 0.6 is 0 Å². The van der Waals surface area contributed by atoms with Gasteiger partial charge in [-0.05, 0) is 0 Å². The van der Waals surface area contributed by atoms with Crippen LogP contribution < -0.4 is 10.6 Å². The van der Waals surface area contributed by atoms with Gasteiger partial charge in [-0.15, -0.1) is 0 Å². The molecule has 30 heteroatoms. The lowest BCUT2D eigenvalue weighted by atomic mass is 9.94. The molecule has 0 aromatic rings. The summed E-state index contributed by atoms with van der Waals surface area (Å²) in [5.41, 5.74) is 0. The van der Waals surface area contributed by atoms with Crippen LogP contribution in [0.3, 0.4) is 0 Å². The molecule has 5 saturated heterocycles. The predicted molar refractivity (Wildman–Crippen MR) is 190 cm³/mol. The van der Waals surface area contributed by atoms with Crippen LogP contribution in [0, 0.1) is 0 Å². The molecule has 17 N–H and O–H groups in total. The Balaban J connectivity index is 1.45. The first-order valence-corrected chi connectivity index (χ1v) is 19.6. The van der Waals surface area contributed by atoms with Crippen LogP contribution in [0.4, 0.5) is 0 Å². The number of hydrogen-bond donors (Lipinski definition) is 17. The van der Waals surface area contributed by atoms with E-state index in [9.17, 15) is 95.8 Å². The maximum Gasteiger partial charge on any atom is 0.340 e. The number of carbonyl (C=O) groups excluding carboxylic acids is 3. The van der Waals surface area contributed by atoms with Gasteiger partial charge in [0, 0.05) is 13.8 Å². The summed E-state index contributed by atoms with van der Waals surface area (Å²) in [4.78, 5) is 49.5. The second-order valence-corrected chi connectivity index (χ2v) is 15.5. The van der Waals surface area contributed by atoms with Gasteiger partial charge in [0.25, 0.3) is 0 Å². The number of rotatable bonds is 14. The van der Waals surface area contributed by atoms with Gasteiger partial charge in [-0.1, -0.05) is 0 Å². The van der Waals surface area contributed by atoms with Crippen molar-refractivity contribution in [3.8, 4) is 0 Å². The Bertz CT molecular complexity index is 1600. The predicted octanol–water partition coefficient (Wildman–Crippen LogP) is -12.0. The molecule has 5 fully saturated rings. The number of ether oxygens (including phenoxy) is 9. The number of esters is 1. The van der Waals surface area contributed by atoms with E-state index in [0.717, 1.165) is 13.8 Å². The van der Waals surface area contributed by atoms with E-state index in [1.165, 1.54) is 0 Å². The Morgan fingerprint density at radius 1 is 0.453 bits per heavy atom. The summed E-state index contributed by atoms with van der Waals surface area (Å²) in [6.45, 7) is -0.952. The van der Waals surface area contributed by atoms with Crippen molar-refractivity contribution in [1.29, 1.82) is 0 Å². The van der Waals surface area contributed by atoms with Crippen molar-refractivity contribution in [3.63, 3.8) is 0 Å². The molecule has 64 heavy (non-hydrogen) atoms. The molecule has 0 radical (unpaired) electrons. The van der Waals surface area contributed by atoms with E-state index >= 15 is 0 Å². The third kappa shape index (κ3) is 10.9. The molecule has 2 amide bonds. The normalized spacial score (nSPS) is 47.6. The van der Waals surface area contributed by atoms with Crippen LogP contribution in [0.15, 0.2) is 0 Å². The lowest BCUT2D eigenvalue weighted by Crippen LogP contribution is -2.70. The number of nitrogens with one attached hydrogen (secondary N) is 2. The number of hydrogen-bond acceptors (Lipinski definition) is 27. The summed E-state index contributed by atoms with van der Waals surface area (Å²) in [5, 5.41) is 162. The number of carbonyl (C=O) groups is 4. The Kier molecular flexibility index (Phi) is 17.7. The highest BCUT2D eigenvalue weighted by Gasteiger charge is 2.58. The van der Waals surface area contributed by atoms with Crippen molar-refractivity contribution in [3.05, 3.63) is 0 Å². The summed E-state index contributed by atoms with van der Waals surface area (Å²) >= 11 is 0. The maximum absolute atomic E-state index is 13.7.